The highest BCUT2D eigenvalue weighted by atomic mass is 35.5. The number of ether oxygens (including phenoxy) is 1. The van der Waals surface area contributed by atoms with Crippen molar-refractivity contribution in [1.29, 1.82) is 0 Å². The van der Waals surface area contributed by atoms with Crippen molar-refractivity contribution in [2.45, 2.75) is 68.5 Å². The molecule has 0 radical (unpaired) electrons. The van der Waals surface area contributed by atoms with Gasteiger partial charge in [-0.15, -0.1) is 11.6 Å². The maximum absolute atomic E-state index is 12.3. The first-order chi connectivity index (χ1) is 8.24. The molecule has 4 heteroatoms. The molecule has 0 saturated carbocycles. The lowest BCUT2D eigenvalue weighted by Gasteiger charge is -2.37. The fourth-order valence-corrected chi connectivity index (χ4v) is 4.03. The van der Waals surface area contributed by atoms with E-state index in [9.17, 15) is 4.79 Å². The number of piperidine rings is 1. The molecule has 1 amide bonds. The van der Waals surface area contributed by atoms with Gasteiger partial charge < -0.3 is 9.64 Å². The molecule has 0 spiro atoms. The van der Waals surface area contributed by atoms with E-state index in [1.165, 1.54) is 0 Å². The molecule has 0 N–H and O–H groups in total. The second-order valence-corrected chi connectivity index (χ2v) is 6.21. The van der Waals surface area contributed by atoms with Crippen LogP contribution in [0.5, 0.6) is 0 Å². The molecule has 0 aromatic heterocycles. The smallest absolute Gasteiger partial charge is 0.225 e. The molecule has 3 aliphatic rings. The fraction of sp³-hybridized carbons (Fsp3) is 0.923. The van der Waals surface area contributed by atoms with Crippen molar-refractivity contribution in [3.8, 4) is 0 Å². The van der Waals surface area contributed by atoms with Gasteiger partial charge in [0.05, 0.1) is 12.5 Å². The van der Waals surface area contributed by atoms with Crippen LogP contribution in [0.1, 0.15) is 44.9 Å². The third-order valence-corrected chi connectivity index (χ3v) is 4.75. The molecule has 0 aromatic carbocycles. The molecule has 3 saturated heterocycles. The van der Waals surface area contributed by atoms with Crippen molar-refractivity contribution in [3.05, 3.63) is 0 Å². The second-order valence-electron chi connectivity index (χ2n) is 5.59. The number of alkyl halides is 1. The number of amides is 1. The van der Waals surface area contributed by atoms with E-state index >= 15 is 0 Å². The van der Waals surface area contributed by atoms with E-state index in [4.69, 9.17) is 16.3 Å². The van der Waals surface area contributed by atoms with Crippen LogP contribution in [0.3, 0.4) is 0 Å². The van der Waals surface area contributed by atoms with E-state index in [1.54, 1.807) is 0 Å². The SMILES string of the molecule is O=C(CC1CCCO1)N1C2CCC1CC(Cl)C2. The predicted octanol–water partition coefficient (Wildman–Crippen LogP) is 2.32. The van der Waals surface area contributed by atoms with Gasteiger partial charge in [0.2, 0.25) is 5.91 Å². The minimum absolute atomic E-state index is 0.177. The number of hydrogen-bond acceptors (Lipinski definition) is 2. The lowest BCUT2D eigenvalue weighted by atomic mass is 10.0. The maximum Gasteiger partial charge on any atom is 0.225 e. The number of nitrogens with zero attached hydrogens (tertiary/aromatic N) is 1. The summed E-state index contributed by atoms with van der Waals surface area (Å²) >= 11 is 6.22. The minimum atomic E-state index is 0.177. The fourth-order valence-electron chi connectivity index (χ4n) is 3.62. The van der Waals surface area contributed by atoms with Crippen molar-refractivity contribution in [1.82, 2.24) is 4.90 Å². The zero-order valence-electron chi connectivity index (χ0n) is 10.1. The molecule has 3 rings (SSSR count). The summed E-state index contributed by atoms with van der Waals surface area (Å²) in [5, 5.41) is 0.277. The van der Waals surface area contributed by atoms with Crippen LogP contribution in [0.4, 0.5) is 0 Å². The average Bonchev–Trinajstić information content (AvgIpc) is 2.86. The van der Waals surface area contributed by atoms with Gasteiger partial charge in [-0.2, -0.15) is 0 Å². The number of hydrogen-bond donors (Lipinski definition) is 0. The van der Waals surface area contributed by atoms with E-state index in [2.05, 4.69) is 4.90 Å². The highest BCUT2D eigenvalue weighted by Crippen LogP contribution is 2.38. The zero-order valence-corrected chi connectivity index (χ0v) is 10.9. The summed E-state index contributed by atoms with van der Waals surface area (Å²) in [6.07, 6.45) is 7.17. The summed E-state index contributed by atoms with van der Waals surface area (Å²) in [6, 6.07) is 0.815. The molecule has 0 aromatic rings. The first-order valence-corrected chi connectivity index (χ1v) is 7.24. The Morgan fingerprint density at radius 3 is 2.53 bits per heavy atom. The Morgan fingerprint density at radius 1 is 1.24 bits per heavy atom. The Labute approximate surface area is 107 Å². The van der Waals surface area contributed by atoms with Gasteiger partial charge in [0.15, 0.2) is 0 Å². The second kappa shape index (κ2) is 4.77. The zero-order chi connectivity index (χ0) is 11.8. The number of carbonyl (C=O) groups excluding carboxylic acids is 1. The molecule has 2 bridgehead atoms. The Bertz CT molecular complexity index is 290. The molecule has 17 heavy (non-hydrogen) atoms. The Hall–Kier alpha value is -0.280. The number of carbonyl (C=O) groups is 1. The Balaban J connectivity index is 1.62. The highest BCUT2D eigenvalue weighted by molar-refractivity contribution is 6.20. The van der Waals surface area contributed by atoms with E-state index in [-0.39, 0.29) is 11.5 Å². The molecule has 3 heterocycles. The topological polar surface area (TPSA) is 29.5 Å². The van der Waals surface area contributed by atoms with Crippen LogP contribution in [0.25, 0.3) is 0 Å². The molecular formula is C13H20ClNO2. The van der Waals surface area contributed by atoms with Crippen LogP contribution < -0.4 is 0 Å². The molecule has 3 nitrogen and oxygen atoms in total. The van der Waals surface area contributed by atoms with Gasteiger partial charge in [-0.25, -0.2) is 0 Å². The van der Waals surface area contributed by atoms with Gasteiger partial charge >= 0.3 is 0 Å². The highest BCUT2D eigenvalue weighted by Gasteiger charge is 2.42. The van der Waals surface area contributed by atoms with Crippen molar-refractivity contribution in [2.75, 3.05) is 6.61 Å². The van der Waals surface area contributed by atoms with E-state index in [0.29, 0.717) is 24.4 Å². The third kappa shape index (κ3) is 2.32. The van der Waals surface area contributed by atoms with E-state index in [1.807, 2.05) is 0 Å². The van der Waals surface area contributed by atoms with Crippen LogP contribution in [0.2, 0.25) is 0 Å². The van der Waals surface area contributed by atoms with Crippen LogP contribution in [0, 0.1) is 0 Å². The van der Waals surface area contributed by atoms with E-state index in [0.717, 1.165) is 45.1 Å². The maximum atomic E-state index is 12.3. The Morgan fingerprint density at radius 2 is 1.94 bits per heavy atom. The lowest BCUT2D eigenvalue weighted by molar-refractivity contribution is -0.137. The van der Waals surface area contributed by atoms with Gasteiger partial charge in [0, 0.05) is 24.1 Å². The van der Waals surface area contributed by atoms with Crippen LogP contribution >= 0.6 is 11.6 Å². The molecule has 0 aliphatic carbocycles. The lowest BCUT2D eigenvalue weighted by Crippen LogP contribution is -2.47. The number of rotatable bonds is 2. The van der Waals surface area contributed by atoms with Crippen molar-refractivity contribution >= 4 is 17.5 Å². The van der Waals surface area contributed by atoms with Crippen LogP contribution in [0.15, 0.2) is 0 Å². The summed E-state index contributed by atoms with van der Waals surface area (Å²) in [4.78, 5) is 14.4. The summed E-state index contributed by atoms with van der Waals surface area (Å²) in [5.41, 5.74) is 0. The van der Waals surface area contributed by atoms with Crippen molar-refractivity contribution in [3.63, 3.8) is 0 Å². The summed E-state index contributed by atoms with van der Waals surface area (Å²) < 4.78 is 5.55. The third-order valence-electron chi connectivity index (χ3n) is 4.39. The predicted molar refractivity (Wildman–Crippen MR) is 66.1 cm³/mol. The summed E-state index contributed by atoms with van der Waals surface area (Å²) in [7, 11) is 0. The molecular weight excluding hydrogens is 238 g/mol. The van der Waals surface area contributed by atoms with Crippen LogP contribution in [-0.4, -0.2) is 41.0 Å². The summed E-state index contributed by atoms with van der Waals surface area (Å²) in [6.45, 7) is 0.828. The van der Waals surface area contributed by atoms with Gasteiger partial charge in [0.1, 0.15) is 0 Å². The Kier molecular flexibility index (Phi) is 3.31. The number of halogens is 1. The van der Waals surface area contributed by atoms with E-state index < -0.39 is 0 Å². The normalized spacial score (nSPS) is 40.9. The van der Waals surface area contributed by atoms with Crippen molar-refractivity contribution in [2.24, 2.45) is 0 Å². The largest absolute Gasteiger partial charge is 0.378 e. The monoisotopic (exact) mass is 257 g/mol. The van der Waals surface area contributed by atoms with Gasteiger partial charge in [0.25, 0.3) is 0 Å². The first-order valence-electron chi connectivity index (χ1n) is 6.81. The quantitative estimate of drug-likeness (QED) is 0.711. The molecule has 3 unspecified atom stereocenters. The minimum Gasteiger partial charge on any atom is -0.378 e. The molecule has 3 fully saturated rings. The summed E-state index contributed by atoms with van der Waals surface area (Å²) in [5.74, 6) is 0.299. The molecule has 96 valence electrons. The molecule has 3 aliphatic heterocycles. The standard InChI is InChI=1S/C13H20ClNO2/c14-9-6-10-3-4-11(7-9)15(10)13(16)8-12-2-1-5-17-12/h9-12H,1-8H2. The average molecular weight is 258 g/mol. The van der Waals surface area contributed by atoms with Crippen LogP contribution in [-0.2, 0) is 9.53 Å². The first kappa shape index (κ1) is 11.8. The molecule has 3 atom stereocenters. The van der Waals surface area contributed by atoms with Gasteiger partial charge in [-0.05, 0) is 38.5 Å². The number of fused-ring (bicyclic) bond motifs is 2. The van der Waals surface area contributed by atoms with Gasteiger partial charge in [-0.3, -0.25) is 4.79 Å². The van der Waals surface area contributed by atoms with Gasteiger partial charge in [-0.1, -0.05) is 0 Å². The van der Waals surface area contributed by atoms with Crippen molar-refractivity contribution < 1.29 is 9.53 Å².